The maximum absolute atomic E-state index is 2.83. The van der Waals surface area contributed by atoms with Gasteiger partial charge in [-0.15, -0.1) is 0 Å². The van der Waals surface area contributed by atoms with E-state index < -0.39 is 0 Å². The van der Waals surface area contributed by atoms with E-state index in [-0.39, 0.29) is 0 Å². The van der Waals surface area contributed by atoms with Gasteiger partial charge in [0.15, 0.2) is 0 Å². The predicted molar refractivity (Wildman–Crippen MR) is 71.9 cm³/mol. The van der Waals surface area contributed by atoms with Gasteiger partial charge < -0.3 is 0 Å². The fraction of sp³-hybridized carbons (Fsp3) is 0.625. The Kier molecular flexibility index (Phi) is 2.96. The van der Waals surface area contributed by atoms with Crippen molar-refractivity contribution in [2.45, 2.75) is 63.6 Å². The lowest BCUT2D eigenvalue weighted by molar-refractivity contribution is 0.0422. The van der Waals surface area contributed by atoms with E-state index in [2.05, 4.69) is 42.2 Å². The van der Waals surface area contributed by atoms with E-state index in [4.69, 9.17) is 0 Å². The van der Waals surface area contributed by atoms with Gasteiger partial charge >= 0.3 is 0 Å². The molecule has 2 aliphatic rings. The topological polar surface area (TPSA) is 3.24 Å². The van der Waals surface area contributed by atoms with Gasteiger partial charge in [0.25, 0.3) is 0 Å². The highest BCUT2D eigenvalue weighted by Gasteiger charge is 2.46. The molecule has 3 rings (SSSR count). The van der Waals surface area contributed by atoms with Crippen molar-refractivity contribution in [3.8, 4) is 0 Å². The summed E-state index contributed by atoms with van der Waals surface area (Å²) in [6.45, 7) is 3.55. The highest BCUT2D eigenvalue weighted by atomic mass is 15.3. The van der Waals surface area contributed by atoms with Crippen LogP contribution in [0.15, 0.2) is 30.3 Å². The Bertz CT molecular complexity index is 368. The Labute approximate surface area is 105 Å². The summed E-state index contributed by atoms with van der Waals surface area (Å²) in [5.74, 6) is 0. The monoisotopic (exact) mass is 229 g/mol. The first-order valence-corrected chi connectivity index (χ1v) is 7.15. The summed E-state index contributed by atoms with van der Waals surface area (Å²) < 4.78 is 0. The molecule has 2 fully saturated rings. The molecule has 1 aromatic carbocycles. The normalized spacial score (nSPS) is 32.9. The van der Waals surface area contributed by atoms with E-state index in [1.807, 2.05) is 0 Å². The molecule has 0 aromatic heterocycles. The third kappa shape index (κ3) is 1.91. The Morgan fingerprint density at radius 3 is 2.76 bits per heavy atom. The van der Waals surface area contributed by atoms with Crippen LogP contribution in [0.5, 0.6) is 0 Å². The zero-order valence-electron chi connectivity index (χ0n) is 10.9. The maximum atomic E-state index is 2.83. The highest BCUT2D eigenvalue weighted by molar-refractivity contribution is 5.16. The summed E-state index contributed by atoms with van der Waals surface area (Å²) in [5.41, 5.74) is 2.03. The molecule has 1 heteroatoms. The van der Waals surface area contributed by atoms with Gasteiger partial charge in [-0.25, -0.2) is 0 Å². The summed E-state index contributed by atoms with van der Waals surface area (Å²) in [5, 5.41) is 0. The van der Waals surface area contributed by atoms with Gasteiger partial charge in [-0.05, 0) is 37.7 Å². The van der Waals surface area contributed by atoms with E-state index in [1.165, 1.54) is 50.6 Å². The molecule has 17 heavy (non-hydrogen) atoms. The molecule has 0 spiro atoms. The van der Waals surface area contributed by atoms with E-state index >= 15 is 0 Å². The summed E-state index contributed by atoms with van der Waals surface area (Å²) in [6.07, 6.45) is 8.49. The average molecular weight is 229 g/mol. The number of piperidine rings is 1. The number of hydrogen-bond donors (Lipinski definition) is 0. The van der Waals surface area contributed by atoms with Crippen LogP contribution in [-0.4, -0.2) is 16.5 Å². The molecule has 2 atom stereocenters. The van der Waals surface area contributed by atoms with Gasteiger partial charge in [0.1, 0.15) is 0 Å². The first-order valence-electron chi connectivity index (χ1n) is 7.15. The Morgan fingerprint density at radius 1 is 1.18 bits per heavy atom. The van der Waals surface area contributed by atoms with Crippen molar-refractivity contribution >= 4 is 0 Å². The van der Waals surface area contributed by atoms with Gasteiger partial charge in [0.2, 0.25) is 0 Å². The molecule has 92 valence electrons. The Balaban J connectivity index is 1.82. The second-order valence-corrected chi connectivity index (χ2v) is 5.78. The summed E-state index contributed by atoms with van der Waals surface area (Å²) in [7, 11) is 0. The van der Waals surface area contributed by atoms with Crippen molar-refractivity contribution in [3.05, 3.63) is 35.9 Å². The maximum Gasteiger partial charge on any atom is 0.0242 e. The first-order chi connectivity index (χ1) is 8.34. The van der Waals surface area contributed by atoms with E-state index in [0.29, 0.717) is 5.54 Å². The molecular formula is C16H23N. The molecule has 2 bridgehead atoms. The van der Waals surface area contributed by atoms with Gasteiger partial charge in [-0.3, -0.25) is 4.90 Å². The molecule has 2 saturated heterocycles. The van der Waals surface area contributed by atoms with E-state index in [0.717, 1.165) is 6.04 Å². The van der Waals surface area contributed by atoms with Crippen LogP contribution in [0, 0.1) is 0 Å². The van der Waals surface area contributed by atoms with Crippen LogP contribution in [0.3, 0.4) is 0 Å². The summed E-state index contributed by atoms with van der Waals surface area (Å²) >= 11 is 0. The lowest BCUT2D eigenvalue weighted by atomic mass is 9.85. The van der Waals surface area contributed by atoms with Crippen LogP contribution < -0.4 is 0 Å². The van der Waals surface area contributed by atoms with Crippen molar-refractivity contribution in [2.75, 3.05) is 0 Å². The number of nitrogens with zero attached hydrogens (tertiary/aromatic N) is 1. The molecule has 0 amide bonds. The molecule has 2 aliphatic heterocycles. The van der Waals surface area contributed by atoms with E-state index in [1.54, 1.807) is 0 Å². The summed E-state index contributed by atoms with van der Waals surface area (Å²) in [4.78, 5) is 2.83. The molecule has 1 aromatic rings. The van der Waals surface area contributed by atoms with Crippen molar-refractivity contribution in [1.29, 1.82) is 0 Å². The van der Waals surface area contributed by atoms with Crippen LogP contribution in [0.2, 0.25) is 0 Å². The van der Waals surface area contributed by atoms with Crippen molar-refractivity contribution in [3.63, 3.8) is 0 Å². The van der Waals surface area contributed by atoms with Gasteiger partial charge in [0, 0.05) is 18.1 Å². The predicted octanol–water partition coefficient (Wildman–Crippen LogP) is 3.98. The number of benzene rings is 1. The van der Waals surface area contributed by atoms with Crippen LogP contribution in [0.4, 0.5) is 0 Å². The Morgan fingerprint density at radius 2 is 2.00 bits per heavy atom. The van der Waals surface area contributed by atoms with Gasteiger partial charge in [-0.1, -0.05) is 43.7 Å². The Hall–Kier alpha value is -0.820. The zero-order valence-corrected chi connectivity index (χ0v) is 10.9. The minimum absolute atomic E-state index is 0.540. The summed E-state index contributed by atoms with van der Waals surface area (Å²) in [6, 6.07) is 11.9. The number of fused-ring (bicyclic) bond motifs is 2. The average Bonchev–Trinajstić information content (AvgIpc) is 2.60. The largest absolute Gasteiger partial charge is 0.290 e. The van der Waals surface area contributed by atoms with Crippen molar-refractivity contribution in [2.24, 2.45) is 0 Å². The standard InChI is InChI=1S/C16H23N/c1-2-16-11-6-9-15(10-12-16)17(16)13-14-7-4-3-5-8-14/h3-5,7-8,15H,2,6,9-13H2,1H3. The molecule has 0 aliphatic carbocycles. The lowest BCUT2D eigenvalue weighted by Gasteiger charge is -2.44. The van der Waals surface area contributed by atoms with Crippen molar-refractivity contribution < 1.29 is 0 Å². The highest BCUT2D eigenvalue weighted by Crippen LogP contribution is 2.46. The molecule has 0 saturated carbocycles. The molecular weight excluding hydrogens is 206 g/mol. The SMILES string of the molecule is CCC12CCCC(CC1)N2Cc1ccccc1. The second kappa shape index (κ2) is 4.45. The lowest BCUT2D eigenvalue weighted by Crippen LogP contribution is -2.49. The quantitative estimate of drug-likeness (QED) is 0.757. The number of hydrogen-bond acceptors (Lipinski definition) is 1. The van der Waals surface area contributed by atoms with Crippen LogP contribution >= 0.6 is 0 Å². The van der Waals surface area contributed by atoms with Gasteiger partial charge in [0.05, 0.1) is 0 Å². The van der Waals surface area contributed by atoms with E-state index in [9.17, 15) is 0 Å². The smallest absolute Gasteiger partial charge is 0.0242 e. The molecule has 0 radical (unpaired) electrons. The second-order valence-electron chi connectivity index (χ2n) is 5.78. The molecule has 1 nitrogen and oxygen atoms in total. The minimum Gasteiger partial charge on any atom is -0.290 e. The van der Waals surface area contributed by atoms with Crippen LogP contribution in [0.25, 0.3) is 0 Å². The van der Waals surface area contributed by atoms with Crippen LogP contribution in [0.1, 0.15) is 51.0 Å². The fourth-order valence-electron chi connectivity index (χ4n) is 3.99. The fourth-order valence-corrected chi connectivity index (χ4v) is 3.99. The third-order valence-corrected chi connectivity index (χ3v) is 5.03. The third-order valence-electron chi connectivity index (χ3n) is 5.03. The molecule has 0 N–H and O–H groups in total. The van der Waals surface area contributed by atoms with Crippen LogP contribution in [-0.2, 0) is 6.54 Å². The van der Waals surface area contributed by atoms with Gasteiger partial charge in [-0.2, -0.15) is 0 Å². The minimum atomic E-state index is 0.540. The molecule has 2 unspecified atom stereocenters. The molecule has 2 heterocycles. The number of rotatable bonds is 3. The zero-order chi connectivity index (χ0) is 11.7. The first kappa shape index (κ1) is 11.3. The van der Waals surface area contributed by atoms with Crippen molar-refractivity contribution in [1.82, 2.24) is 4.90 Å².